The third-order valence-electron chi connectivity index (χ3n) is 3.66. The number of allylic oxidation sites excluding steroid dienone is 1. The van der Waals surface area contributed by atoms with E-state index >= 15 is 0 Å². The highest BCUT2D eigenvalue weighted by atomic mass is 32.1. The number of esters is 1. The van der Waals surface area contributed by atoms with Crippen molar-refractivity contribution in [2.45, 2.75) is 6.92 Å². The lowest BCUT2D eigenvalue weighted by Crippen LogP contribution is -2.10. The topological polar surface area (TPSA) is 43.4 Å². The molecule has 0 N–H and O–H groups in total. The molecule has 0 saturated heterocycles. The minimum atomic E-state index is -0.408. The Morgan fingerprint density at radius 2 is 1.72 bits per heavy atom. The van der Waals surface area contributed by atoms with E-state index in [2.05, 4.69) is 0 Å². The highest BCUT2D eigenvalue weighted by Crippen LogP contribution is 2.17. The Kier molecular flexibility index (Phi) is 5.21. The van der Waals surface area contributed by atoms with Crippen LogP contribution in [0.2, 0.25) is 0 Å². The molecule has 2 aromatic carbocycles. The predicted octanol–water partition coefficient (Wildman–Crippen LogP) is 5.17. The third-order valence-corrected chi connectivity index (χ3v) is 4.49. The summed E-state index contributed by atoms with van der Waals surface area (Å²) in [6.07, 6.45) is 3.33. The molecule has 0 radical (unpaired) electrons. The van der Waals surface area contributed by atoms with Crippen molar-refractivity contribution in [3.8, 4) is 5.75 Å². The zero-order chi connectivity index (χ0) is 17.6. The van der Waals surface area contributed by atoms with Crippen LogP contribution in [0, 0.1) is 6.92 Å². The molecular formula is C21H16O3S. The summed E-state index contributed by atoms with van der Waals surface area (Å²) < 4.78 is 5.37. The molecule has 0 atom stereocenters. The summed E-state index contributed by atoms with van der Waals surface area (Å²) in [7, 11) is 0. The smallest absolute Gasteiger partial charge is 0.343 e. The van der Waals surface area contributed by atoms with Gasteiger partial charge in [-0.3, -0.25) is 4.79 Å². The summed E-state index contributed by atoms with van der Waals surface area (Å²) in [6.45, 7) is 1.86. The molecule has 3 nitrogen and oxygen atoms in total. The van der Waals surface area contributed by atoms with Crippen LogP contribution in [0.15, 0.2) is 72.1 Å². The van der Waals surface area contributed by atoms with E-state index in [4.69, 9.17) is 4.74 Å². The maximum Gasteiger partial charge on any atom is 0.343 e. The summed E-state index contributed by atoms with van der Waals surface area (Å²) in [5.74, 6) is -0.0908. The van der Waals surface area contributed by atoms with Crippen LogP contribution in [0.1, 0.15) is 31.2 Å². The summed E-state index contributed by atoms with van der Waals surface area (Å²) in [6, 6.07) is 17.7. The largest absolute Gasteiger partial charge is 0.423 e. The lowest BCUT2D eigenvalue weighted by atomic mass is 10.1. The van der Waals surface area contributed by atoms with Gasteiger partial charge in [-0.25, -0.2) is 4.79 Å². The van der Waals surface area contributed by atoms with Crippen molar-refractivity contribution >= 4 is 29.2 Å². The van der Waals surface area contributed by atoms with Crippen LogP contribution in [0.25, 0.3) is 6.08 Å². The van der Waals surface area contributed by atoms with E-state index < -0.39 is 5.97 Å². The molecule has 1 heterocycles. The molecule has 25 heavy (non-hydrogen) atoms. The van der Waals surface area contributed by atoms with Crippen molar-refractivity contribution in [3.05, 3.63) is 93.7 Å². The molecule has 0 fully saturated rings. The molecule has 0 spiro atoms. The van der Waals surface area contributed by atoms with Gasteiger partial charge < -0.3 is 4.74 Å². The number of aryl methyl sites for hydroxylation is 1. The first-order valence-electron chi connectivity index (χ1n) is 7.77. The molecule has 0 aliphatic heterocycles. The lowest BCUT2D eigenvalue weighted by molar-refractivity contribution is 0.0734. The first-order valence-corrected chi connectivity index (χ1v) is 8.65. The van der Waals surface area contributed by atoms with Gasteiger partial charge in [0.25, 0.3) is 0 Å². The van der Waals surface area contributed by atoms with Gasteiger partial charge in [0.15, 0.2) is 5.78 Å². The molecule has 0 aliphatic carbocycles. The Balaban J connectivity index is 1.67. The van der Waals surface area contributed by atoms with Crippen LogP contribution >= 0.6 is 11.3 Å². The lowest BCUT2D eigenvalue weighted by Gasteiger charge is -2.07. The van der Waals surface area contributed by atoms with Crippen molar-refractivity contribution < 1.29 is 14.3 Å². The number of carbonyl (C=O) groups excluding carboxylic acids is 2. The summed E-state index contributed by atoms with van der Waals surface area (Å²) in [5.41, 5.74) is 1.93. The highest BCUT2D eigenvalue weighted by molar-refractivity contribution is 7.10. The second kappa shape index (κ2) is 7.73. The van der Waals surface area contributed by atoms with Gasteiger partial charge in [0.05, 0.1) is 5.56 Å². The Morgan fingerprint density at radius 1 is 0.960 bits per heavy atom. The van der Waals surface area contributed by atoms with Gasteiger partial charge in [-0.15, -0.1) is 11.3 Å². The van der Waals surface area contributed by atoms with Crippen molar-refractivity contribution in [3.63, 3.8) is 0 Å². The van der Waals surface area contributed by atoms with Gasteiger partial charge in [-0.05, 0) is 66.4 Å². The number of ketones is 1. The Labute approximate surface area is 150 Å². The van der Waals surface area contributed by atoms with Crippen LogP contribution in [0.4, 0.5) is 0 Å². The predicted molar refractivity (Wildman–Crippen MR) is 100 cm³/mol. The molecule has 4 heteroatoms. The zero-order valence-electron chi connectivity index (χ0n) is 13.6. The molecule has 124 valence electrons. The fraction of sp³-hybridized carbons (Fsp3) is 0.0476. The van der Waals surface area contributed by atoms with Crippen molar-refractivity contribution in [1.29, 1.82) is 0 Å². The molecule has 3 rings (SSSR count). The molecule has 0 unspecified atom stereocenters. The van der Waals surface area contributed by atoms with Gasteiger partial charge in [-0.1, -0.05) is 24.3 Å². The Bertz CT molecular complexity index is 907. The standard InChI is InChI=1S/C21H16O3S/c1-15-5-2-3-7-19(15)21(23)24-17-10-8-16(9-11-17)20(22)13-12-18-6-4-14-25-18/h2-14H,1H3/b13-12+. The minimum Gasteiger partial charge on any atom is -0.423 e. The number of hydrogen-bond donors (Lipinski definition) is 0. The quantitative estimate of drug-likeness (QED) is 0.276. The van der Waals surface area contributed by atoms with Crippen LogP contribution < -0.4 is 4.74 Å². The Hall–Kier alpha value is -2.98. The van der Waals surface area contributed by atoms with Crippen LogP contribution in [0.3, 0.4) is 0 Å². The number of rotatable bonds is 5. The van der Waals surface area contributed by atoms with Crippen molar-refractivity contribution in [1.82, 2.24) is 0 Å². The van der Waals surface area contributed by atoms with Gasteiger partial charge in [0.1, 0.15) is 5.75 Å². The first-order chi connectivity index (χ1) is 12.1. The van der Waals surface area contributed by atoms with Crippen LogP contribution in [-0.4, -0.2) is 11.8 Å². The maximum atomic E-state index is 12.2. The molecule has 0 saturated carbocycles. The Morgan fingerprint density at radius 3 is 2.40 bits per heavy atom. The molecule has 1 aromatic heterocycles. The van der Waals surface area contributed by atoms with E-state index in [9.17, 15) is 9.59 Å². The van der Waals surface area contributed by atoms with Gasteiger partial charge in [0, 0.05) is 10.4 Å². The number of ether oxygens (including phenoxy) is 1. The summed E-state index contributed by atoms with van der Waals surface area (Å²) in [5, 5.41) is 1.96. The van der Waals surface area contributed by atoms with E-state index in [-0.39, 0.29) is 5.78 Å². The number of thiophene rings is 1. The van der Waals surface area contributed by atoms with E-state index in [1.807, 2.05) is 36.6 Å². The van der Waals surface area contributed by atoms with E-state index in [0.717, 1.165) is 10.4 Å². The van der Waals surface area contributed by atoms with Crippen LogP contribution in [0.5, 0.6) is 5.75 Å². The fourth-order valence-electron chi connectivity index (χ4n) is 2.29. The SMILES string of the molecule is Cc1ccccc1C(=O)Oc1ccc(C(=O)/C=C/c2cccs2)cc1. The van der Waals surface area contributed by atoms with Crippen LogP contribution in [-0.2, 0) is 0 Å². The molecule has 0 amide bonds. The van der Waals surface area contributed by atoms with Crippen molar-refractivity contribution in [2.75, 3.05) is 0 Å². The number of hydrogen-bond acceptors (Lipinski definition) is 4. The normalized spacial score (nSPS) is 10.8. The van der Waals surface area contributed by atoms with Gasteiger partial charge in [-0.2, -0.15) is 0 Å². The summed E-state index contributed by atoms with van der Waals surface area (Å²) in [4.78, 5) is 25.4. The second-order valence-electron chi connectivity index (χ2n) is 5.44. The number of carbonyl (C=O) groups is 2. The molecule has 0 bridgehead atoms. The van der Waals surface area contributed by atoms with Gasteiger partial charge in [0.2, 0.25) is 0 Å². The van der Waals surface area contributed by atoms with Crippen molar-refractivity contribution in [2.24, 2.45) is 0 Å². The highest BCUT2D eigenvalue weighted by Gasteiger charge is 2.11. The minimum absolute atomic E-state index is 0.0924. The van der Waals surface area contributed by atoms with E-state index in [1.54, 1.807) is 59.9 Å². The summed E-state index contributed by atoms with van der Waals surface area (Å²) >= 11 is 1.57. The van der Waals surface area contributed by atoms with E-state index in [1.165, 1.54) is 0 Å². The molecule has 0 aliphatic rings. The molecule has 3 aromatic rings. The average Bonchev–Trinajstić information content (AvgIpc) is 3.14. The zero-order valence-corrected chi connectivity index (χ0v) is 14.5. The molecular weight excluding hydrogens is 332 g/mol. The second-order valence-corrected chi connectivity index (χ2v) is 6.42. The monoisotopic (exact) mass is 348 g/mol. The third kappa shape index (κ3) is 4.31. The average molecular weight is 348 g/mol. The maximum absolute atomic E-state index is 12.2. The first kappa shape index (κ1) is 16.9. The fourth-order valence-corrected chi connectivity index (χ4v) is 2.91. The van der Waals surface area contributed by atoms with E-state index in [0.29, 0.717) is 16.9 Å². The van der Waals surface area contributed by atoms with Gasteiger partial charge >= 0.3 is 5.97 Å². The number of benzene rings is 2.